The lowest BCUT2D eigenvalue weighted by Crippen LogP contribution is -2.33. The molecule has 2 rings (SSSR count). The minimum absolute atomic E-state index is 0.425. The Hall–Kier alpha value is -0.280. The number of epoxide rings is 1. The van der Waals surface area contributed by atoms with E-state index in [4.69, 9.17) is 16.3 Å². The summed E-state index contributed by atoms with van der Waals surface area (Å²) < 4.78 is 10.2. The largest absolute Gasteiger partial charge is 0.466 e. The summed E-state index contributed by atoms with van der Waals surface area (Å²) in [4.78, 5) is 11.5. The first-order chi connectivity index (χ1) is 7.58. The summed E-state index contributed by atoms with van der Waals surface area (Å²) >= 11 is 6.16. The van der Waals surface area contributed by atoms with Crippen molar-refractivity contribution < 1.29 is 14.3 Å². The fourth-order valence-corrected chi connectivity index (χ4v) is 3.28. The zero-order chi connectivity index (χ0) is 11.8. The van der Waals surface area contributed by atoms with Crippen molar-refractivity contribution in [2.75, 3.05) is 7.11 Å². The van der Waals surface area contributed by atoms with Crippen LogP contribution in [0.15, 0.2) is 0 Å². The molecule has 0 aromatic carbocycles. The molecule has 1 saturated carbocycles. The molecule has 1 unspecified atom stereocenters. The van der Waals surface area contributed by atoms with Gasteiger partial charge in [-0.15, -0.1) is 0 Å². The van der Waals surface area contributed by atoms with Crippen molar-refractivity contribution in [3.8, 4) is 0 Å². The van der Waals surface area contributed by atoms with Crippen LogP contribution in [0.2, 0.25) is 0 Å². The third-order valence-electron chi connectivity index (χ3n) is 3.94. The molecule has 2 fully saturated rings. The molecule has 1 aliphatic carbocycles. The number of esters is 1. The van der Waals surface area contributed by atoms with Gasteiger partial charge < -0.3 is 9.47 Å². The third kappa shape index (κ3) is 1.74. The maximum Gasteiger partial charge on any atom is 0.357 e. The third-order valence-corrected chi connectivity index (χ3v) is 4.51. The van der Waals surface area contributed by atoms with E-state index < -0.39 is 16.6 Å². The first-order valence-corrected chi connectivity index (χ1v) is 6.43. The lowest BCUT2D eigenvalue weighted by molar-refractivity contribution is -0.143. The van der Waals surface area contributed by atoms with Gasteiger partial charge in [0.25, 0.3) is 5.06 Å². The van der Waals surface area contributed by atoms with Crippen LogP contribution >= 0.6 is 11.6 Å². The monoisotopic (exact) mass is 246 g/mol. The number of ether oxygens (including phenoxy) is 2. The van der Waals surface area contributed by atoms with Crippen LogP contribution in [-0.4, -0.2) is 23.7 Å². The zero-order valence-electron chi connectivity index (χ0n) is 9.92. The van der Waals surface area contributed by atoms with E-state index in [1.807, 2.05) is 0 Å². The van der Waals surface area contributed by atoms with Gasteiger partial charge in [0, 0.05) is 0 Å². The van der Waals surface area contributed by atoms with Gasteiger partial charge in [-0.05, 0) is 31.6 Å². The number of carbonyl (C=O) groups excluding carboxylic acids is 1. The van der Waals surface area contributed by atoms with Gasteiger partial charge in [0.15, 0.2) is 0 Å². The number of hydrogen-bond donors (Lipinski definition) is 0. The number of hydrogen-bond acceptors (Lipinski definition) is 3. The van der Waals surface area contributed by atoms with Crippen LogP contribution in [0.4, 0.5) is 0 Å². The first kappa shape index (κ1) is 12.2. The lowest BCUT2D eigenvalue weighted by Gasteiger charge is -2.26. The van der Waals surface area contributed by atoms with Crippen molar-refractivity contribution in [1.29, 1.82) is 0 Å². The fourth-order valence-electron chi connectivity index (χ4n) is 2.87. The highest BCUT2D eigenvalue weighted by molar-refractivity contribution is 6.36. The van der Waals surface area contributed by atoms with E-state index in [0.29, 0.717) is 0 Å². The van der Waals surface area contributed by atoms with E-state index in [2.05, 4.69) is 11.7 Å². The van der Waals surface area contributed by atoms with Gasteiger partial charge in [0.2, 0.25) is 0 Å². The fraction of sp³-hybridized carbons (Fsp3) is 0.917. The molecule has 0 radical (unpaired) electrons. The lowest BCUT2D eigenvalue weighted by atomic mass is 9.78. The maximum atomic E-state index is 11.5. The number of carbonyl (C=O) groups is 1. The van der Waals surface area contributed by atoms with Crippen LogP contribution in [0.1, 0.15) is 45.4 Å². The van der Waals surface area contributed by atoms with Crippen LogP contribution in [0.5, 0.6) is 0 Å². The normalized spacial score (nSPS) is 42.1. The Morgan fingerprint density at radius 1 is 1.50 bits per heavy atom. The average Bonchev–Trinajstić information content (AvgIpc) is 2.88. The molecule has 0 N–H and O–H groups in total. The number of methoxy groups -OCH3 is 1. The SMILES string of the molecule is CCCC1CCC2(CC1)OC2(Cl)C(=O)OC. The Balaban J connectivity index is 1.93. The highest BCUT2D eigenvalue weighted by Crippen LogP contribution is 2.60. The van der Waals surface area contributed by atoms with Crippen molar-refractivity contribution in [3.63, 3.8) is 0 Å². The molecule has 1 saturated heterocycles. The molecule has 0 aromatic heterocycles. The molecule has 92 valence electrons. The van der Waals surface area contributed by atoms with Crippen LogP contribution in [0, 0.1) is 5.92 Å². The highest BCUT2D eigenvalue weighted by atomic mass is 35.5. The summed E-state index contributed by atoms with van der Waals surface area (Å²) in [5.74, 6) is 0.335. The molecule has 16 heavy (non-hydrogen) atoms. The molecule has 1 spiro atoms. The number of alkyl halides is 1. The topological polar surface area (TPSA) is 38.8 Å². The van der Waals surface area contributed by atoms with E-state index in [0.717, 1.165) is 31.6 Å². The molecule has 4 heteroatoms. The van der Waals surface area contributed by atoms with E-state index in [-0.39, 0.29) is 0 Å². The number of rotatable bonds is 3. The Kier molecular flexibility index (Phi) is 3.19. The van der Waals surface area contributed by atoms with Crippen LogP contribution in [0.3, 0.4) is 0 Å². The van der Waals surface area contributed by atoms with Crippen LogP contribution in [0.25, 0.3) is 0 Å². The van der Waals surface area contributed by atoms with E-state index in [9.17, 15) is 4.79 Å². The second-order valence-electron chi connectivity index (χ2n) is 4.92. The van der Waals surface area contributed by atoms with Crippen LogP contribution < -0.4 is 0 Å². The molecule has 1 atom stereocenters. The Labute approximate surface area is 101 Å². The second-order valence-corrected chi connectivity index (χ2v) is 5.45. The van der Waals surface area contributed by atoms with E-state index >= 15 is 0 Å². The van der Waals surface area contributed by atoms with Gasteiger partial charge in [-0.3, -0.25) is 0 Å². The summed E-state index contributed by atoms with van der Waals surface area (Å²) in [5, 5.41) is -1.18. The highest BCUT2D eigenvalue weighted by Gasteiger charge is 2.75. The van der Waals surface area contributed by atoms with E-state index in [1.165, 1.54) is 20.0 Å². The molecular formula is C12H19ClO3. The summed E-state index contributed by atoms with van der Waals surface area (Å²) in [6, 6.07) is 0. The Morgan fingerprint density at radius 3 is 2.62 bits per heavy atom. The molecule has 1 heterocycles. The second kappa shape index (κ2) is 4.19. The number of halogens is 1. The van der Waals surface area contributed by atoms with Gasteiger partial charge >= 0.3 is 5.97 Å². The van der Waals surface area contributed by atoms with Gasteiger partial charge in [-0.2, -0.15) is 0 Å². The first-order valence-electron chi connectivity index (χ1n) is 6.05. The van der Waals surface area contributed by atoms with Crippen molar-refractivity contribution in [3.05, 3.63) is 0 Å². The van der Waals surface area contributed by atoms with Gasteiger partial charge in [-0.25, -0.2) is 4.79 Å². The van der Waals surface area contributed by atoms with Crippen LogP contribution in [-0.2, 0) is 14.3 Å². The standard InChI is InChI=1S/C12H19ClO3/c1-3-4-9-5-7-11(8-6-9)12(13,16-11)10(14)15-2/h9H,3-8H2,1-2H3. The smallest absolute Gasteiger partial charge is 0.357 e. The predicted molar refractivity (Wildman–Crippen MR) is 61.3 cm³/mol. The Bertz CT molecular complexity index is 284. The molecule has 0 bridgehead atoms. The summed E-state index contributed by atoms with van der Waals surface area (Å²) in [6.07, 6.45) is 6.48. The van der Waals surface area contributed by atoms with E-state index in [1.54, 1.807) is 0 Å². The molecule has 3 nitrogen and oxygen atoms in total. The van der Waals surface area contributed by atoms with Crippen molar-refractivity contribution in [2.24, 2.45) is 5.92 Å². The molecular weight excluding hydrogens is 228 g/mol. The maximum absolute atomic E-state index is 11.5. The van der Waals surface area contributed by atoms with Crippen molar-refractivity contribution >= 4 is 17.6 Å². The quantitative estimate of drug-likeness (QED) is 0.437. The molecule has 0 amide bonds. The zero-order valence-corrected chi connectivity index (χ0v) is 10.7. The Morgan fingerprint density at radius 2 is 2.12 bits per heavy atom. The summed E-state index contributed by atoms with van der Waals surface area (Å²) in [6.45, 7) is 2.21. The molecule has 1 aliphatic heterocycles. The summed E-state index contributed by atoms with van der Waals surface area (Å²) in [5.41, 5.74) is -0.425. The molecule has 0 aromatic rings. The van der Waals surface area contributed by atoms with Gasteiger partial charge in [0.1, 0.15) is 5.60 Å². The van der Waals surface area contributed by atoms with Crippen molar-refractivity contribution in [1.82, 2.24) is 0 Å². The minimum Gasteiger partial charge on any atom is -0.466 e. The van der Waals surface area contributed by atoms with Gasteiger partial charge in [-0.1, -0.05) is 31.4 Å². The van der Waals surface area contributed by atoms with Gasteiger partial charge in [0.05, 0.1) is 7.11 Å². The average molecular weight is 247 g/mol. The summed E-state index contributed by atoms with van der Waals surface area (Å²) in [7, 11) is 1.35. The predicted octanol–water partition coefficient (Wildman–Crippen LogP) is 2.85. The van der Waals surface area contributed by atoms with Crippen molar-refractivity contribution in [2.45, 2.75) is 56.1 Å². The molecule has 2 aliphatic rings. The minimum atomic E-state index is -1.18.